The van der Waals surface area contributed by atoms with Gasteiger partial charge in [-0.25, -0.2) is 4.98 Å². The Kier molecular flexibility index (Phi) is 7.40. The molecule has 1 N–H and O–H groups in total. The van der Waals surface area contributed by atoms with Crippen molar-refractivity contribution in [1.29, 1.82) is 0 Å². The van der Waals surface area contributed by atoms with E-state index in [9.17, 15) is 4.79 Å². The molecule has 162 valence electrons. The number of ether oxygens (including phenoxy) is 1. The van der Waals surface area contributed by atoms with Gasteiger partial charge >= 0.3 is 0 Å². The molecule has 1 fully saturated rings. The first-order chi connectivity index (χ1) is 15.2. The molecule has 0 bridgehead atoms. The fourth-order valence-electron chi connectivity index (χ4n) is 3.70. The maximum Gasteiger partial charge on any atom is 0.230 e. The lowest BCUT2D eigenvalue weighted by Crippen LogP contribution is -2.47. The smallest absolute Gasteiger partial charge is 0.230 e. The van der Waals surface area contributed by atoms with Crippen LogP contribution in [0.25, 0.3) is 11.3 Å². The first-order valence-electron chi connectivity index (χ1n) is 10.5. The zero-order chi connectivity index (χ0) is 21.5. The highest BCUT2D eigenvalue weighted by Gasteiger charge is 2.21. The third kappa shape index (κ3) is 5.97. The van der Waals surface area contributed by atoms with Crippen molar-refractivity contribution in [2.45, 2.75) is 17.8 Å². The van der Waals surface area contributed by atoms with Gasteiger partial charge in [-0.3, -0.25) is 9.69 Å². The highest BCUT2D eigenvalue weighted by molar-refractivity contribution is 7.99. The lowest BCUT2D eigenvalue weighted by molar-refractivity contribution is -0.119. The predicted molar refractivity (Wildman–Crippen MR) is 124 cm³/mol. The van der Waals surface area contributed by atoms with Gasteiger partial charge in [-0.05, 0) is 11.1 Å². The molecule has 7 heteroatoms. The number of hydrogen-bond acceptors (Lipinski definition) is 5. The average Bonchev–Trinajstić information content (AvgIpc) is 3.18. The van der Waals surface area contributed by atoms with Crippen molar-refractivity contribution in [2.24, 2.45) is 7.05 Å². The van der Waals surface area contributed by atoms with Gasteiger partial charge in [0, 0.05) is 33.2 Å². The quantitative estimate of drug-likeness (QED) is 0.550. The molecule has 4 rings (SSSR count). The zero-order valence-electron chi connectivity index (χ0n) is 17.7. The van der Waals surface area contributed by atoms with Gasteiger partial charge in [0.1, 0.15) is 0 Å². The van der Waals surface area contributed by atoms with Gasteiger partial charge in [-0.2, -0.15) is 0 Å². The number of morpholine rings is 1. The number of imidazole rings is 1. The van der Waals surface area contributed by atoms with Crippen LogP contribution in [0.4, 0.5) is 0 Å². The molecule has 6 nitrogen and oxygen atoms in total. The van der Waals surface area contributed by atoms with Gasteiger partial charge in [0.05, 0.1) is 30.4 Å². The SMILES string of the molecule is Cn1c(-c2ccccc2)cnc1SCC(=O)NC[C@@H]1CN(Cc2ccccc2)CCO1. The number of rotatable bonds is 8. The highest BCUT2D eigenvalue weighted by atomic mass is 32.2. The molecule has 1 aliphatic heterocycles. The molecule has 0 aliphatic carbocycles. The maximum atomic E-state index is 12.4. The predicted octanol–water partition coefficient (Wildman–Crippen LogP) is 3.20. The Morgan fingerprint density at radius 2 is 1.90 bits per heavy atom. The van der Waals surface area contributed by atoms with Crippen molar-refractivity contribution in [2.75, 3.05) is 32.0 Å². The molecular formula is C24H28N4O2S. The summed E-state index contributed by atoms with van der Waals surface area (Å²) in [6, 6.07) is 20.6. The Bertz CT molecular complexity index is 978. The van der Waals surface area contributed by atoms with Crippen LogP contribution in [-0.4, -0.2) is 58.5 Å². The second kappa shape index (κ2) is 10.6. The van der Waals surface area contributed by atoms with Gasteiger partial charge in [0.25, 0.3) is 0 Å². The molecule has 0 radical (unpaired) electrons. The molecule has 31 heavy (non-hydrogen) atoms. The standard InChI is InChI=1S/C24H28N4O2S/c1-27-22(20-10-6-3-7-11-20)15-26-24(27)31-18-23(29)25-14-21-17-28(12-13-30-21)16-19-8-4-2-5-9-19/h2-11,15,21H,12-14,16-18H2,1H3,(H,25,29)/t21-/m1/s1. The van der Waals surface area contributed by atoms with E-state index >= 15 is 0 Å². The van der Waals surface area contributed by atoms with Crippen LogP contribution in [0.3, 0.4) is 0 Å². The molecule has 2 aromatic carbocycles. The fraction of sp³-hybridized carbons (Fsp3) is 0.333. The second-order valence-corrected chi connectivity index (χ2v) is 8.60. The summed E-state index contributed by atoms with van der Waals surface area (Å²) in [7, 11) is 1.98. The van der Waals surface area contributed by atoms with Crippen LogP contribution in [0, 0.1) is 0 Å². The van der Waals surface area contributed by atoms with Crippen LogP contribution in [-0.2, 0) is 23.1 Å². The molecule has 1 aliphatic rings. The molecule has 0 unspecified atom stereocenters. The Morgan fingerprint density at radius 3 is 2.68 bits per heavy atom. The minimum absolute atomic E-state index is 0.00181. The van der Waals surface area contributed by atoms with E-state index in [0.29, 0.717) is 18.9 Å². The topological polar surface area (TPSA) is 59.4 Å². The van der Waals surface area contributed by atoms with Crippen LogP contribution in [0.5, 0.6) is 0 Å². The molecular weight excluding hydrogens is 408 g/mol. The molecule has 1 atom stereocenters. The summed E-state index contributed by atoms with van der Waals surface area (Å²) in [5.41, 5.74) is 3.45. The minimum Gasteiger partial charge on any atom is -0.374 e. The normalized spacial score (nSPS) is 16.9. The number of carbonyl (C=O) groups is 1. The Morgan fingerprint density at radius 1 is 1.16 bits per heavy atom. The first-order valence-corrected chi connectivity index (χ1v) is 11.5. The van der Waals surface area contributed by atoms with E-state index in [1.165, 1.54) is 17.3 Å². The van der Waals surface area contributed by atoms with Crippen molar-refractivity contribution >= 4 is 17.7 Å². The lowest BCUT2D eigenvalue weighted by Gasteiger charge is -2.33. The van der Waals surface area contributed by atoms with Crippen molar-refractivity contribution in [3.8, 4) is 11.3 Å². The Balaban J connectivity index is 1.22. The Hall–Kier alpha value is -2.61. The summed E-state index contributed by atoms with van der Waals surface area (Å²) >= 11 is 1.45. The lowest BCUT2D eigenvalue weighted by atomic mass is 10.2. The number of amides is 1. The van der Waals surface area contributed by atoms with E-state index in [0.717, 1.165) is 36.0 Å². The van der Waals surface area contributed by atoms with Gasteiger partial charge in [0.15, 0.2) is 5.16 Å². The molecule has 0 spiro atoms. The Labute approximate surface area is 187 Å². The minimum atomic E-state index is -0.00181. The van der Waals surface area contributed by atoms with Crippen LogP contribution in [0.2, 0.25) is 0 Å². The number of nitrogens with one attached hydrogen (secondary N) is 1. The number of benzene rings is 2. The summed E-state index contributed by atoms with van der Waals surface area (Å²) in [4.78, 5) is 19.2. The number of carbonyl (C=O) groups excluding carboxylic acids is 1. The molecule has 3 aromatic rings. The first kappa shape index (κ1) is 21.6. The van der Waals surface area contributed by atoms with E-state index < -0.39 is 0 Å². The van der Waals surface area contributed by atoms with Gasteiger partial charge in [0.2, 0.25) is 5.91 Å². The molecule has 1 saturated heterocycles. The molecule has 1 amide bonds. The van der Waals surface area contributed by atoms with Gasteiger partial charge in [-0.15, -0.1) is 0 Å². The third-order valence-corrected chi connectivity index (χ3v) is 6.39. The maximum absolute atomic E-state index is 12.4. The molecule has 0 saturated carbocycles. The van der Waals surface area contributed by atoms with E-state index in [-0.39, 0.29) is 12.0 Å². The summed E-state index contributed by atoms with van der Waals surface area (Å²) in [6.45, 7) is 3.87. The largest absolute Gasteiger partial charge is 0.374 e. The van der Waals surface area contributed by atoms with Crippen LogP contribution in [0.1, 0.15) is 5.56 Å². The second-order valence-electron chi connectivity index (χ2n) is 7.66. The molecule has 1 aromatic heterocycles. The van der Waals surface area contributed by atoms with Crippen molar-refractivity contribution < 1.29 is 9.53 Å². The van der Waals surface area contributed by atoms with Crippen LogP contribution >= 0.6 is 11.8 Å². The molecule has 2 heterocycles. The summed E-state index contributed by atoms with van der Waals surface area (Å²) < 4.78 is 7.88. The van der Waals surface area contributed by atoms with E-state index in [4.69, 9.17) is 4.74 Å². The van der Waals surface area contributed by atoms with Crippen molar-refractivity contribution in [1.82, 2.24) is 19.8 Å². The van der Waals surface area contributed by atoms with Gasteiger partial charge < -0.3 is 14.6 Å². The van der Waals surface area contributed by atoms with E-state index in [1.54, 1.807) is 0 Å². The summed E-state index contributed by atoms with van der Waals surface area (Å²) in [6.07, 6.45) is 1.87. The summed E-state index contributed by atoms with van der Waals surface area (Å²) in [5.74, 6) is 0.331. The number of thioether (sulfide) groups is 1. The number of hydrogen-bond donors (Lipinski definition) is 1. The third-order valence-electron chi connectivity index (χ3n) is 5.35. The van der Waals surface area contributed by atoms with E-state index in [1.807, 2.05) is 42.1 Å². The highest BCUT2D eigenvalue weighted by Crippen LogP contribution is 2.24. The van der Waals surface area contributed by atoms with Crippen molar-refractivity contribution in [3.63, 3.8) is 0 Å². The summed E-state index contributed by atoms with van der Waals surface area (Å²) in [5, 5.41) is 3.85. The number of aromatic nitrogens is 2. The van der Waals surface area contributed by atoms with Crippen molar-refractivity contribution in [3.05, 3.63) is 72.4 Å². The van der Waals surface area contributed by atoms with E-state index in [2.05, 4.69) is 51.6 Å². The zero-order valence-corrected chi connectivity index (χ0v) is 18.6. The fourth-order valence-corrected chi connectivity index (χ4v) is 4.48. The van der Waals surface area contributed by atoms with Crippen LogP contribution in [0.15, 0.2) is 72.0 Å². The van der Waals surface area contributed by atoms with Gasteiger partial charge in [-0.1, -0.05) is 72.4 Å². The monoisotopic (exact) mass is 436 g/mol. The average molecular weight is 437 g/mol. The number of nitrogens with zero attached hydrogens (tertiary/aromatic N) is 3. The van der Waals surface area contributed by atoms with Crippen LogP contribution < -0.4 is 5.32 Å².